The number of aromatic nitrogens is 1. The zero-order valence-electron chi connectivity index (χ0n) is 24.6. The molecule has 4 aliphatic rings. The van der Waals surface area contributed by atoms with Crippen LogP contribution >= 0.6 is 0 Å². The lowest BCUT2D eigenvalue weighted by Gasteiger charge is -2.62. The van der Waals surface area contributed by atoms with Crippen molar-refractivity contribution in [2.45, 2.75) is 77.9 Å². The molecule has 41 heavy (non-hydrogen) atoms. The van der Waals surface area contributed by atoms with Gasteiger partial charge >= 0.3 is 0 Å². The molecule has 2 bridgehead atoms. The highest BCUT2D eigenvalue weighted by Crippen LogP contribution is 2.61. The van der Waals surface area contributed by atoms with Crippen LogP contribution in [-0.2, 0) is 22.7 Å². The molecule has 0 radical (unpaired) electrons. The molecular weight excluding hydrogens is 516 g/mol. The predicted octanol–water partition coefficient (Wildman–Crippen LogP) is 2.88. The van der Waals surface area contributed by atoms with Crippen molar-refractivity contribution in [3.63, 3.8) is 0 Å². The van der Waals surface area contributed by atoms with E-state index < -0.39 is 24.2 Å². The smallest absolute Gasteiger partial charge is 0.240 e. The van der Waals surface area contributed by atoms with Crippen LogP contribution in [0.5, 0.6) is 0 Å². The summed E-state index contributed by atoms with van der Waals surface area (Å²) in [6.07, 6.45) is 2.51. The highest BCUT2D eigenvalue weighted by Gasteiger charge is 2.57. The Hall–Kier alpha value is -2.80. The first-order chi connectivity index (χ1) is 19.7. The number of aliphatic hydroxyl groups is 2. The molecule has 3 saturated carbocycles. The quantitative estimate of drug-likeness (QED) is 0.276. The highest BCUT2D eigenvalue weighted by molar-refractivity contribution is 5.82. The molecule has 3 aliphatic carbocycles. The first kappa shape index (κ1) is 29.7. The normalized spacial score (nSPS) is 31.0. The summed E-state index contributed by atoms with van der Waals surface area (Å²) in [7, 11) is 0. The third-order valence-electron chi connectivity index (χ3n) is 9.81. The second-order valence-electron chi connectivity index (χ2n) is 12.7. The molecule has 1 amide bonds. The number of benzene rings is 1. The van der Waals surface area contributed by atoms with E-state index >= 15 is 0 Å². The van der Waals surface area contributed by atoms with Gasteiger partial charge in [-0.1, -0.05) is 50.8 Å². The van der Waals surface area contributed by atoms with Crippen LogP contribution in [-0.4, -0.2) is 63.6 Å². The van der Waals surface area contributed by atoms with E-state index in [9.17, 15) is 15.0 Å². The van der Waals surface area contributed by atoms with Crippen LogP contribution in [0.25, 0.3) is 0 Å². The van der Waals surface area contributed by atoms with E-state index in [-0.39, 0.29) is 18.6 Å². The fourth-order valence-electron chi connectivity index (χ4n) is 7.31. The number of nitrogens with zero attached hydrogens (tertiary/aromatic N) is 2. The summed E-state index contributed by atoms with van der Waals surface area (Å²) in [6.45, 7) is 9.86. The van der Waals surface area contributed by atoms with Gasteiger partial charge in [-0.15, -0.1) is 0 Å². The number of fused-ring (bicyclic) bond motifs is 2. The standard InChI is InChI=1S/C33H44N4O4/c1-21-27-16-25(33(27,3)4)17-28(21)36-32(40)31-30(22(2)39)29(20-38)41-37(31)19-24-10-7-9-23(15-24)11-8-13-34-18-26-12-5-6-14-35-26/h5-7,9-10,12,14-15,21-22,25,27-31,34,38-39H,13,16-20H2,1-4H3,(H,36,40)/t21-,22+,25?,27?,28+,29+,30-,31+/m1/s1. The van der Waals surface area contributed by atoms with E-state index in [2.05, 4.69) is 48.2 Å². The van der Waals surface area contributed by atoms with Crippen LogP contribution in [0, 0.1) is 40.9 Å². The molecule has 6 rings (SSSR count). The zero-order chi connectivity index (χ0) is 29.1. The Labute approximate surface area is 243 Å². The van der Waals surface area contributed by atoms with Crippen LogP contribution in [0.2, 0.25) is 0 Å². The van der Waals surface area contributed by atoms with Crippen LogP contribution in [0.1, 0.15) is 57.4 Å². The molecule has 8 atom stereocenters. The lowest BCUT2D eigenvalue weighted by atomic mass is 9.45. The average molecular weight is 561 g/mol. The number of carbonyl (C=O) groups is 1. The van der Waals surface area contributed by atoms with E-state index in [1.165, 1.54) is 6.42 Å². The van der Waals surface area contributed by atoms with Crippen LogP contribution in [0.15, 0.2) is 48.7 Å². The van der Waals surface area contributed by atoms with Crippen LogP contribution in [0.3, 0.4) is 0 Å². The van der Waals surface area contributed by atoms with Gasteiger partial charge in [0.15, 0.2) is 0 Å². The number of rotatable bonds is 9. The van der Waals surface area contributed by atoms with Gasteiger partial charge in [-0.25, -0.2) is 0 Å². The molecular formula is C33H44N4O4. The fraction of sp³-hybridized carbons (Fsp3) is 0.576. The van der Waals surface area contributed by atoms with E-state index in [0.717, 1.165) is 23.2 Å². The number of pyridine rings is 1. The molecule has 220 valence electrons. The summed E-state index contributed by atoms with van der Waals surface area (Å²) in [6, 6.07) is 13.1. The Morgan fingerprint density at radius 2 is 2.07 bits per heavy atom. The van der Waals surface area contributed by atoms with E-state index in [4.69, 9.17) is 4.84 Å². The first-order valence-electron chi connectivity index (χ1n) is 14.9. The maximum atomic E-state index is 13.8. The van der Waals surface area contributed by atoms with Crippen molar-refractivity contribution in [1.82, 2.24) is 20.7 Å². The molecule has 1 saturated heterocycles. The zero-order valence-corrected chi connectivity index (χ0v) is 24.6. The number of aliphatic hydroxyl groups excluding tert-OH is 2. The lowest BCUT2D eigenvalue weighted by Crippen LogP contribution is -2.62. The number of hydrogen-bond acceptors (Lipinski definition) is 7. The minimum Gasteiger partial charge on any atom is -0.394 e. The molecule has 4 fully saturated rings. The predicted molar refractivity (Wildman–Crippen MR) is 157 cm³/mol. The molecule has 8 heteroatoms. The molecule has 8 nitrogen and oxygen atoms in total. The topological polar surface area (TPSA) is 107 Å². The monoisotopic (exact) mass is 560 g/mol. The number of hydrogen-bond donors (Lipinski definition) is 4. The van der Waals surface area contributed by atoms with Gasteiger partial charge in [-0.2, -0.15) is 5.06 Å². The molecule has 2 heterocycles. The van der Waals surface area contributed by atoms with Gasteiger partial charge < -0.3 is 20.8 Å². The summed E-state index contributed by atoms with van der Waals surface area (Å²) < 4.78 is 0. The first-order valence-corrected chi connectivity index (χ1v) is 14.9. The van der Waals surface area contributed by atoms with Gasteiger partial charge in [0, 0.05) is 30.3 Å². The average Bonchev–Trinajstić information content (AvgIpc) is 3.33. The Bertz CT molecular complexity index is 1260. The highest BCUT2D eigenvalue weighted by atomic mass is 16.7. The van der Waals surface area contributed by atoms with Crippen LogP contribution < -0.4 is 10.6 Å². The fourth-order valence-corrected chi connectivity index (χ4v) is 7.31. The largest absolute Gasteiger partial charge is 0.394 e. The van der Waals surface area contributed by atoms with Gasteiger partial charge in [-0.3, -0.25) is 14.6 Å². The summed E-state index contributed by atoms with van der Waals surface area (Å²) in [5, 5.41) is 29.0. The molecule has 0 spiro atoms. The third-order valence-corrected chi connectivity index (χ3v) is 9.81. The summed E-state index contributed by atoms with van der Waals surface area (Å²) in [5.41, 5.74) is 3.10. The van der Waals surface area contributed by atoms with Crippen molar-refractivity contribution in [2.24, 2.45) is 29.1 Å². The van der Waals surface area contributed by atoms with Crippen molar-refractivity contribution in [2.75, 3.05) is 13.2 Å². The summed E-state index contributed by atoms with van der Waals surface area (Å²) in [4.78, 5) is 24.2. The van der Waals surface area contributed by atoms with Crippen molar-refractivity contribution in [3.05, 3.63) is 65.5 Å². The minimum atomic E-state index is -0.820. The van der Waals surface area contributed by atoms with Gasteiger partial charge in [0.1, 0.15) is 12.1 Å². The van der Waals surface area contributed by atoms with Crippen molar-refractivity contribution < 1.29 is 19.8 Å². The third kappa shape index (κ3) is 6.35. The molecule has 2 aromatic rings. The van der Waals surface area contributed by atoms with E-state index in [1.54, 1.807) is 18.2 Å². The summed E-state index contributed by atoms with van der Waals surface area (Å²) in [5.74, 6) is 7.29. The Morgan fingerprint density at radius 1 is 1.24 bits per heavy atom. The lowest BCUT2D eigenvalue weighted by molar-refractivity contribution is -0.183. The SMILES string of the molecule is C[C@H](O)[C@@H]1[C@H](CO)ON(Cc2cccc(C#CCNCc3ccccn3)c2)[C@@H]1C(=O)N[C@H]1CC2CC([C@H]1C)C2(C)C. The van der Waals surface area contributed by atoms with Gasteiger partial charge in [0.25, 0.3) is 0 Å². The van der Waals surface area contributed by atoms with Crippen LogP contribution in [0.4, 0.5) is 0 Å². The number of carbonyl (C=O) groups excluding carboxylic acids is 1. The van der Waals surface area contributed by atoms with Gasteiger partial charge in [0.2, 0.25) is 5.91 Å². The Morgan fingerprint density at radius 3 is 2.76 bits per heavy atom. The Kier molecular flexibility index (Phi) is 9.12. The second-order valence-corrected chi connectivity index (χ2v) is 12.7. The molecule has 1 aromatic heterocycles. The molecule has 2 unspecified atom stereocenters. The van der Waals surface area contributed by atoms with E-state index in [0.29, 0.717) is 42.8 Å². The maximum absolute atomic E-state index is 13.8. The van der Waals surface area contributed by atoms with Crippen molar-refractivity contribution in [3.8, 4) is 11.8 Å². The summed E-state index contributed by atoms with van der Waals surface area (Å²) >= 11 is 0. The molecule has 1 aliphatic heterocycles. The number of hydroxylamine groups is 2. The number of amides is 1. The maximum Gasteiger partial charge on any atom is 0.240 e. The van der Waals surface area contributed by atoms with Gasteiger partial charge in [-0.05, 0) is 72.8 Å². The molecule has 4 N–H and O–H groups in total. The van der Waals surface area contributed by atoms with Crippen molar-refractivity contribution >= 4 is 5.91 Å². The minimum absolute atomic E-state index is 0.105. The van der Waals surface area contributed by atoms with E-state index in [1.807, 2.05) is 42.5 Å². The van der Waals surface area contributed by atoms with Gasteiger partial charge in [0.05, 0.1) is 31.5 Å². The number of nitrogens with one attached hydrogen (secondary N) is 2. The molecule has 1 aromatic carbocycles. The second kappa shape index (κ2) is 12.6. The van der Waals surface area contributed by atoms with Crippen molar-refractivity contribution in [1.29, 1.82) is 0 Å². The Balaban J connectivity index is 1.25.